The van der Waals surface area contributed by atoms with Gasteiger partial charge in [-0.25, -0.2) is 4.79 Å². The lowest BCUT2D eigenvalue weighted by Crippen LogP contribution is -2.47. The van der Waals surface area contributed by atoms with Crippen molar-refractivity contribution in [3.63, 3.8) is 0 Å². The summed E-state index contributed by atoms with van der Waals surface area (Å²) in [6.45, 7) is 6.71. The van der Waals surface area contributed by atoms with Crippen LogP contribution in [0.1, 0.15) is 43.7 Å². The topological polar surface area (TPSA) is 73.5 Å². The number of likely N-dealkylation sites (tertiary alicyclic amines) is 1. The largest absolute Gasteiger partial charge is 0.352 e. The number of nitrogens with one attached hydrogen (secondary N) is 3. The van der Waals surface area contributed by atoms with Crippen molar-refractivity contribution in [3.05, 3.63) is 35.4 Å². The lowest BCUT2D eigenvalue weighted by Gasteiger charge is -2.29. The van der Waals surface area contributed by atoms with Crippen LogP contribution in [0.4, 0.5) is 4.79 Å². The van der Waals surface area contributed by atoms with Crippen molar-refractivity contribution in [2.75, 3.05) is 26.7 Å². The molecule has 0 spiro atoms. The van der Waals surface area contributed by atoms with Gasteiger partial charge in [0.1, 0.15) is 0 Å². The second kappa shape index (κ2) is 9.42. The molecule has 0 saturated carbocycles. The Labute approximate surface area is 150 Å². The second-order valence-corrected chi connectivity index (χ2v) is 7.03. The molecule has 25 heavy (non-hydrogen) atoms. The van der Waals surface area contributed by atoms with Gasteiger partial charge in [-0.3, -0.25) is 4.79 Å². The van der Waals surface area contributed by atoms with E-state index in [1.807, 2.05) is 18.2 Å². The van der Waals surface area contributed by atoms with Gasteiger partial charge in [-0.15, -0.1) is 0 Å². The molecule has 0 radical (unpaired) electrons. The molecule has 0 atom stereocenters. The standard InChI is InChI=1S/C19H30N4O2/c1-14(2)17-7-5-4-6-15(17)12-20-19(25)21-13-18(24)22-16-8-10-23(3)11-9-16/h4-7,14,16H,8-13H2,1-3H3,(H,22,24)(H2,20,21,25). The monoisotopic (exact) mass is 346 g/mol. The van der Waals surface area contributed by atoms with Crippen LogP contribution < -0.4 is 16.0 Å². The zero-order chi connectivity index (χ0) is 18.2. The normalized spacial score (nSPS) is 15.8. The lowest BCUT2D eigenvalue weighted by molar-refractivity contribution is -0.121. The summed E-state index contributed by atoms with van der Waals surface area (Å²) in [7, 11) is 2.08. The molecule has 0 aliphatic carbocycles. The highest BCUT2D eigenvalue weighted by atomic mass is 16.2. The molecule has 0 unspecified atom stereocenters. The van der Waals surface area contributed by atoms with E-state index in [1.165, 1.54) is 5.56 Å². The zero-order valence-electron chi connectivity index (χ0n) is 15.5. The highest BCUT2D eigenvalue weighted by Crippen LogP contribution is 2.18. The van der Waals surface area contributed by atoms with Crippen LogP contribution in [0.2, 0.25) is 0 Å². The van der Waals surface area contributed by atoms with Crippen molar-refractivity contribution in [1.82, 2.24) is 20.9 Å². The minimum absolute atomic E-state index is 0.00397. The van der Waals surface area contributed by atoms with Gasteiger partial charge in [0.15, 0.2) is 0 Å². The van der Waals surface area contributed by atoms with Gasteiger partial charge in [0.05, 0.1) is 6.54 Å². The predicted molar refractivity (Wildman–Crippen MR) is 99.4 cm³/mol. The maximum absolute atomic E-state index is 11.9. The van der Waals surface area contributed by atoms with E-state index < -0.39 is 0 Å². The van der Waals surface area contributed by atoms with Gasteiger partial charge in [0.2, 0.25) is 5.91 Å². The maximum atomic E-state index is 11.9. The molecular weight excluding hydrogens is 316 g/mol. The van der Waals surface area contributed by atoms with Crippen molar-refractivity contribution < 1.29 is 9.59 Å². The predicted octanol–water partition coefficient (Wildman–Crippen LogP) is 1.82. The molecule has 0 bridgehead atoms. The van der Waals surface area contributed by atoms with E-state index in [2.05, 4.69) is 47.8 Å². The molecule has 1 aromatic carbocycles. The number of carbonyl (C=O) groups excluding carboxylic acids is 2. The first-order valence-corrected chi connectivity index (χ1v) is 9.03. The summed E-state index contributed by atoms with van der Waals surface area (Å²) in [4.78, 5) is 26.1. The first-order chi connectivity index (χ1) is 12.0. The third-order valence-corrected chi connectivity index (χ3v) is 4.61. The summed E-state index contributed by atoms with van der Waals surface area (Å²) in [5.41, 5.74) is 2.33. The first kappa shape index (κ1) is 19.2. The van der Waals surface area contributed by atoms with Crippen LogP contribution in [0.15, 0.2) is 24.3 Å². The van der Waals surface area contributed by atoms with E-state index in [4.69, 9.17) is 0 Å². The van der Waals surface area contributed by atoms with Crippen molar-refractivity contribution in [2.45, 2.75) is 45.2 Å². The Morgan fingerprint density at radius 1 is 1.16 bits per heavy atom. The van der Waals surface area contributed by atoms with Crippen molar-refractivity contribution in [1.29, 1.82) is 0 Å². The summed E-state index contributed by atoms with van der Waals surface area (Å²) >= 11 is 0. The van der Waals surface area contributed by atoms with E-state index in [1.54, 1.807) is 0 Å². The second-order valence-electron chi connectivity index (χ2n) is 7.03. The summed E-state index contributed by atoms with van der Waals surface area (Å²) in [6, 6.07) is 7.96. The lowest BCUT2D eigenvalue weighted by atomic mass is 9.97. The number of hydrogen-bond acceptors (Lipinski definition) is 3. The average molecular weight is 346 g/mol. The summed E-state index contributed by atoms with van der Waals surface area (Å²) in [5, 5.41) is 8.43. The molecule has 1 fully saturated rings. The van der Waals surface area contributed by atoms with E-state index in [-0.39, 0.29) is 24.5 Å². The molecule has 1 aliphatic heterocycles. The molecule has 1 heterocycles. The van der Waals surface area contributed by atoms with E-state index in [0.717, 1.165) is 31.5 Å². The SMILES string of the molecule is CC(C)c1ccccc1CNC(=O)NCC(=O)NC1CCN(C)CC1. The van der Waals surface area contributed by atoms with Crippen LogP contribution in [0.5, 0.6) is 0 Å². The van der Waals surface area contributed by atoms with Gasteiger partial charge < -0.3 is 20.9 Å². The smallest absolute Gasteiger partial charge is 0.315 e. The van der Waals surface area contributed by atoms with Crippen molar-refractivity contribution in [3.8, 4) is 0 Å². The fraction of sp³-hybridized carbons (Fsp3) is 0.579. The average Bonchev–Trinajstić information content (AvgIpc) is 2.60. The Balaban J connectivity index is 1.69. The number of urea groups is 1. The van der Waals surface area contributed by atoms with Crippen molar-refractivity contribution >= 4 is 11.9 Å². The molecule has 1 saturated heterocycles. The zero-order valence-corrected chi connectivity index (χ0v) is 15.5. The number of hydrogen-bond donors (Lipinski definition) is 3. The molecule has 6 heteroatoms. The van der Waals surface area contributed by atoms with Crippen LogP contribution >= 0.6 is 0 Å². The van der Waals surface area contributed by atoms with Gasteiger partial charge in [0, 0.05) is 12.6 Å². The molecular formula is C19H30N4O2. The summed E-state index contributed by atoms with van der Waals surface area (Å²) in [5.74, 6) is 0.272. The molecule has 6 nitrogen and oxygen atoms in total. The van der Waals surface area contributed by atoms with Crippen LogP contribution in [0.3, 0.4) is 0 Å². The third kappa shape index (κ3) is 6.38. The summed E-state index contributed by atoms with van der Waals surface area (Å²) < 4.78 is 0. The Bertz CT molecular complexity index is 581. The highest BCUT2D eigenvalue weighted by Gasteiger charge is 2.18. The van der Waals surface area contributed by atoms with Crippen LogP contribution in [-0.4, -0.2) is 49.6 Å². The minimum Gasteiger partial charge on any atom is -0.352 e. The Hall–Kier alpha value is -2.08. The van der Waals surface area contributed by atoms with Gasteiger partial charge in [-0.2, -0.15) is 0 Å². The van der Waals surface area contributed by atoms with Crippen LogP contribution in [-0.2, 0) is 11.3 Å². The minimum atomic E-state index is -0.322. The fourth-order valence-electron chi connectivity index (χ4n) is 3.09. The number of amides is 3. The first-order valence-electron chi connectivity index (χ1n) is 9.03. The number of piperidine rings is 1. The van der Waals surface area contributed by atoms with E-state index in [0.29, 0.717) is 12.5 Å². The molecule has 1 aliphatic rings. The van der Waals surface area contributed by atoms with Crippen LogP contribution in [0.25, 0.3) is 0 Å². The van der Waals surface area contributed by atoms with Crippen LogP contribution in [0, 0.1) is 0 Å². The number of carbonyl (C=O) groups is 2. The molecule has 0 aromatic heterocycles. The summed E-state index contributed by atoms with van der Waals surface area (Å²) in [6.07, 6.45) is 1.92. The van der Waals surface area contributed by atoms with E-state index >= 15 is 0 Å². The molecule has 138 valence electrons. The van der Waals surface area contributed by atoms with Crippen molar-refractivity contribution in [2.24, 2.45) is 0 Å². The fourth-order valence-corrected chi connectivity index (χ4v) is 3.09. The molecule has 2 rings (SSSR count). The number of rotatable bonds is 6. The quantitative estimate of drug-likeness (QED) is 0.736. The Morgan fingerprint density at radius 2 is 1.84 bits per heavy atom. The highest BCUT2D eigenvalue weighted by molar-refractivity contribution is 5.84. The number of nitrogens with zero attached hydrogens (tertiary/aromatic N) is 1. The molecule has 3 amide bonds. The van der Waals surface area contributed by atoms with Gasteiger partial charge in [0.25, 0.3) is 0 Å². The third-order valence-electron chi connectivity index (χ3n) is 4.61. The maximum Gasteiger partial charge on any atom is 0.315 e. The Kier molecular flexibility index (Phi) is 7.25. The van der Waals surface area contributed by atoms with E-state index in [9.17, 15) is 9.59 Å². The number of benzene rings is 1. The van der Waals surface area contributed by atoms with Gasteiger partial charge in [-0.05, 0) is 50.0 Å². The Morgan fingerprint density at radius 3 is 2.52 bits per heavy atom. The molecule has 1 aromatic rings. The van der Waals surface area contributed by atoms with Gasteiger partial charge >= 0.3 is 6.03 Å². The van der Waals surface area contributed by atoms with Gasteiger partial charge in [-0.1, -0.05) is 38.1 Å². The molecule has 3 N–H and O–H groups in total.